The fourth-order valence-corrected chi connectivity index (χ4v) is 6.83. The SMILES string of the molecule is Cc1ccc(NC(=O)CN2C(=O)C[C@@H](C)Sc3ccc(S(=O)(=O)N4CCC(C)CC4)cc32)cc1. The molecule has 182 valence electrons. The molecule has 0 bridgehead atoms. The first-order valence-electron chi connectivity index (χ1n) is 11.6. The van der Waals surface area contributed by atoms with Gasteiger partial charge in [-0.05, 0) is 56.0 Å². The first-order chi connectivity index (χ1) is 16.1. The van der Waals surface area contributed by atoms with Crippen LogP contribution in [0.4, 0.5) is 11.4 Å². The van der Waals surface area contributed by atoms with Gasteiger partial charge in [-0.2, -0.15) is 4.31 Å². The molecule has 1 N–H and O–H groups in total. The summed E-state index contributed by atoms with van der Waals surface area (Å²) in [5.41, 5.74) is 2.21. The fourth-order valence-electron chi connectivity index (χ4n) is 4.25. The van der Waals surface area contributed by atoms with E-state index in [0.717, 1.165) is 23.3 Å². The van der Waals surface area contributed by atoms with Crippen molar-refractivity contribution >= 4 is 45.0 Å². The maximum absolute atomic E-state index is 13.3. The van der Waals surface area contributed by atoms with Gasteiger partial charge in [-0.25, -0.2) is 8.42 Å². The number of carbonyl (C=O) groups excluding carboxylic acids is 2. The number of sulfonamides is 1. The van der Waals surface area contributed by atoms with Gasteiger partial charge in [0.1, 0.15) is 6.54 Å². The van der Waals surface area contributed by atoms with Crippen molar-refractivity contribution in [2.45, 2.75) is 55.1 Å². The molecule has 1 atom stereocenters. The van der Waals surface area contributed by atoms with Crippen LogP contribution in [0.1, 0.15) is 38.7 Å². The second-order valence-electron chi connectivity index (χ2n) is 9.24. The van der Waals surface area contributed by atoms with Gasteiger partial charge < -0.3 is 10.2 Å². The summed E-state index contributed by atoms with van der Waals surface area (Å²) in [6.45, 7) is 6.87. The Bertz CT molecular complexity index is 1170. The number of aryl methyl sites for hydroxylation is 1. The Balaban J connectivity index is 1.62. The number of nitrogens with zero attached hydrogens (tertiary/aromatic N) is 2. The van der Waals surface area contributed by atoms with Crippen molar-refractivity contribution < 1.29 is 18.0 Å². The molecule has 2 heterocycles. The predicted octanol–water partition coefficient (Wildman–Crippen LogP) is 4.27. The van der Waals surface area contributed by atoms with Gasteiger partial charge in [0.15, 0.2) is 0 Å². The molecule has 2 aliphatic rings. The molecule has 0 aliphatic carbocycles. The van der Waals surface area contributed by atoms with Gasteiger partial charge >= 0.3 is 0 Å². The summed E-state index contributed by atoms with van der Waals surface area (Å²) in [7, 11) is -3.68. The molecule has 0 spiro atoms. The number of piperidine rings is 1. The van der Waals surface area contributed by atoms with Crippen LogP contribution in [0.15, 0.2) is 52.3 Å². The third-order valence-electron chi connectivity index (χ3n) is 6.33. The minimum Gasteiger partial charge on any atom is -0.325 e. The Labute approximate surface area is 205 Å². The zero-order valence-electron chi connectivity index (χ0n) is 19.8. The number of fused-ring (bicyclic) bond motifs is 1. The Morgan fingerprint density at radius 1 is 1.09 bits per heavy atom. The van der Waals surface area contributed by atoms with Gasteiger partial charge in [0.2, 0.25) is 21.8 Å². The minimum atomic E-state index is -3.68. The van der Waals surface area contributed by atoms with Gasteiger partial charge in [-0.3, -0.25) is 9.59 Å². The van der Waals surface area contributed by atoms with Crippen LogP contribution in [0.2, 0.25) is 0 Å². The summed E-state index contributed by atoms with van der Waals surface area (Å²) in [5, 5.41) is 2.85. The van der Waals surface area contributed by atoms with Crippen LogP contribution in [0.5, 0.6) is 0 Å². The Morgan fingerprint density at radius 3 is 2.44 bits per heavy atom. The number of carbonyl (C=O) groups is 2. The molecule has 4 rings (SSSR count). The molecule has 2 aromatic carbocycles. The van der Waals surface area contributed by atoms with E-state index in [2.05, 4.69) is 12.2 Å². The molecule has 9 heteroatoms. The van der Waals surface area contributed by atoms with Gasteiger partial charge in [-0.15, -0.1) is 11.8 Å². The van der Waals surface area contributed by atoms with Crippen molar-refractivity contribution in [3.8, 4) is 0 Å². The lowest BCUT2D eigenvalue weighted by molar-refractivity contribution is -0.121. The quantitative estimate of drug-likeness (QED) is 0.661. The van der Waals surface area contributed by atoms with Gasteiger partial charge in [0.05, 0.1) is 10.6 Å². The number of hydrogen-bond donors (Lipinski definition) is 1. The molecule has 7 nitrogen and oxygen atoms in total. The van der Waals surface area contributed by atoms with Crippen LogP contribution in [-0.4, -0.2) is 49.4 Å². The van der Waals surface area contributed by atoms with Crippen LogP contribution in [0, 0.1) is 12.8 Å². The minimum absolute atomic E-state index is 0.0162. The van der Waals surface area contributed by atoms with Gasteiger partial charge in [-0.1, -0.05) is 31.5 Å². The van der Waals surface area contributed by atoms with E-state index >= 15 is 0 Å². The second-order valence-corrected chi connectivity index (χ2v) is 12.7. The first-order valence-corrected chi connectivity index (χ1v) is 13.9. The summed E-state index contributed by atoms with van der Waals surface area (Å²) in [6, 6.07) is 12.4. The third kappa shape index (κ3) is 5.47. The van der Waals surface area contributed by atoms with Crippen LogP contribution < -0.4 is 10.2 Å². The number of amides is 2. The number of rotatable bonds is 5. The van der Waals surface area contributed by atoms with E-state index in [1.165, 1.54) is 21.0 Å². The normalized spacial score (nSPS) is 20.0. The van der Waals surface area contributed by atoms with Crippen molar-refractivity contribution in [3.63, 3.8) is 0 Å². The van der Waals surface area contributed by atoms with Gasteiger partial charge in [0, 0.05) is 35.3 Å². The smallest absolute Gasteiger partial charge is 0.244 e. The number of hydrogen-bond acceptors (Lipinski definition) is 5. The van der Waals surface area contributed by atoms with E-state index in [1.54, 1.807) is 18.2 Å². The largest absolute Gasteiger partial charge is 0.325 e. The summed E-state index contributed by atoms with van der Waals surface area (Å²) in [6.07, 6.45) is 1.94. The van der Waals surface area contributed by atoms with Crippen molar-refractivity contribution in [3.05, 3.63) is 48.0 Å². The van der Waals surface area contributed by atoms with Crippen molar-refractivity contribution in [2.24, 2.45) is 5.92 Å². The fraction of sp³-hybridized carbons (Fsp3) is 0.440. The Kier molecular flexibility index (Phi) is 7.35. The van der Waals surface area contributed by atoms with Crippen LogP contribution in [0.25, 0.3) is 0 Å². The lowest BCUT2D eigenvalue weighted by atomic mass is 10.0. The predicted molar refractivity (Wildman–Crippen MR) is 136 cm³/mol. The highest BCUT2D eigenvalue weighted by Crippen LogP contribution is 2.40. The summed E-state index contributed by atoms with van der Waals surface area (Å²) >= 11 is 1.53. The lowest BCUT2D eigenvalue weighted by Crippen LogP contribution is -2.39. The van der Waals surface area contributed by atoms with Crippen LogP contribution >= 0.6 is 11.8 Å². The highest BCUT2D eigenvalue weighted by atomic mass is 32.2. The summed E-state index contributed by atoms with van der Waals surface area (Å²) in [4.78, 5) is 28.3. The number of nitrogens with one attached hydrogen (secondary N) is 1. The highest BCUT2D eigenvalue weighted by Gasteiger charge is 2.32. The highest BCUT2D eigenvalue weighted by molar-refractivity contribution is 8.00. The van der Waals surface area contributed by atoms with E-state index in [1.807, 2.05) is 38.1 Å². The molecule has 0 saturated carbocycles. The topological polar surface area (TPSA) is 86.8 Å². The van der Waals surface area contributed by atoms with E-state index in [9.17, 15) is 18.0 Å². The Hall–Kier alpha value is -2.36. The zero-order chi connectivity index (χ0) is 24.5. The van der Waals surface area contributed by atoms with Crippen molar-refractivity contribution in [1.82, 2.24) is 4.31 Å². The average molecular weight is 502 g/mol. The average Bonchev–Trinajstić information content (AvgIpc) is 2.90. The first kappa shape index (κ1) is 24.8. The number of anilines is 2. The summed E-state index contributed by atoms with van der Waals surface area (Å²) < 4.78 is 28.2. The van der Waals surface area contributed by atoms with Crippen molar-refractivity contribution in [2.75, 3.05) is 29.9 Å². The molecule has 2 amide bonds. The van der Waals surface area contributed by atoms with E-state index in [0.29, 0.717) is 30.4 Å². The maximum atomic E-state index is 13.3. The second kappa shape index (κ2) is 10.1. The summed E-state index contributed by atoms with van der Waals surface area (Å²) in [5.74, 6) is -0.0170. The monoisotopic (exact) mass is 501 g/mol. The third-order valence-corrected chi connectivity index (χ3v) is 9.39. The molecule has 2 aromatic rings. The standard InChI is InChI=1S/C25H31N3O4S2/c1-17-4-6-20(7-5-17)26-24(29)16-28-22-15-21(8-9-23(22)33-19(3)14-25(28)30)34(31,32)27-12-10-18(2)11-13-27/h4-9,15,18-19H,10-14,16H2,1-3H3,(H,26,29)/t19-/m1/s1. The zero-order valence-corrected chi connectivity index (χ0v) is 21.4. The van der Waals surface area contributed by atoms with Crippen molar-refractivity contribution in [1.29, 1.82) is 0 Å². The maximum Gasteiger partial charge on any atom is 0.244 e. The number of benzene rings is 2. The lowest BCUT2D eigenvalue weighted by Gasteiger charge is -2.30. The van der Waals surface area contributed by atoms with E-state index in [4.69, 9.17) is 0 Å². The van der Waals surface area contributed by atoms with Crippen LogP contribution in [-0.2, 0) is 19.6 Å². The van der Waals surface area contributed by atoms with Gasteiger partial charge in [0.25, 0.3) is 0 Å². The molecule has 1 saturated heterocycles. The van der Waals surface area contributed by atoms with Crippen LogP contribution in [0.3, 0.4) is 0 Å². The molecular formula is C25H31N3O4S2. The molecule has 0 aromatic heterocycles. The molecule has 1 fully saturated rings. The molecule has 2 aliphatic heterocycles. The molecule has 0 radical (unpaired) electrons. The van der Waals surface area contributed by atoms with E-state index < -0.39 is 10.0 Å². The Morgan fingerprint density at radius 2 is 1.76 bits per heavy atom. The number of thioether (sulfide) groups is 1. The molecule has 34 heavy (non-hydrogen) atoms. The molecule has 0 unspecified atom stereocenters. The molecular weight excluding hydrogens is 470 g/mol. The van der Waals surface area contributed by atoms with E-state index in [-0.39, 0.29) is 34.9 Å².